The fourth-order valence-corrected chi connectivity index (χ4v) is 6.47. The smallest absolute Gasteiger partial charge is 0.00987 e. The van der Waals surface area contributed by atoms with Crippen LogP contribution < -0.4 is 0 Å². The van der Waals surface area contributed by atoms with Gasteiger partial charge in [-0.25, -0.2) is 0 Å². The van der Waals surface area contributed by atoms with Crippen LogP contribution in [0.5, 0.6) is 0 Å². The van der Waals surface area contributed by atoms with Crippen LogP contribution >= 0.6 is 0 Å². The van der Waals surface area contributed by atoms with Crippen molar-refractivity contribution < 1.29 is 0 Å². The highest BCUT2D eigenvalue weighted by molar-refractivity contribution is 6.14. The Morgan fingerprint density at radius 2 is 0.425 bits per heavy atom. The minimum atomic E-state index is 1.26. The van der Waals surface area contributed by atoms with Gasteiger partial charge in [0.25, 0.3) is 0 Å². The van der Waals surface area contributed by atoms with Gasteiger partial charge in [0.15, 0.2) is 0 Å². The average molecular weight is 507 g/mol. The van der Waals surface area contributed by atoms with E-state index in [1.807, 2.05) is 0 Å². The normalized spacial score (nSPS) is 11.5. The summed E-state index contributed by atoms with van der Waals surface area (Å²) in [6, 6.07) is 57.5. The van der Waals surface area contributed by atoms with Gasteiger partial charge in [-0.2, -0.15) is 0 Å². The monoisotopic (exact) mass is 506 g/mol. The Labute approximate surface area is 233 Å². The van der Waals surface area contributed by atoms with Crippen LogP contribution in [0.15, 0.2) is 158 Å². The van der Waals surface area contributed by atoms with Crippen molar-refractivity contribution in [2.45, 2.75) is 0 Å². The van der Waals surface area contributed by atoms with E-state index in [-0.39, 0.29) is 0 Å². The summed E-state index contributed by atoms with van der Waals surface area (Å²) < 4.78 is 0. The van der Waals surface area contributed by atoms with Gasteiger partial charge in [-0.05, 0) is 76.5 Å². The Hall–Kier alpha value is -5.20. The zero-order valence-electron chi connectivity index (χ0n) is 22.0. The number of rotatable bonds is 3. The Bertz CT molecular complexity index is 2090. The molecule has 0 radical (unpaired) electrons. The van der Waals surface area contributed by atoms with Crippen molar-refractivity contribution in [3.8, 4) is 33.4 Å². The first-order valence-corrected chi connectivity index (χ1v) is 13.9. The maximum atomic E-state index is 2.32. The molecule has 186 valence electrons. The minimum absolute atomic E-state index is 1.26. The first-order valence-electron chi connectivity index (χ1n) is 13.9. The molecule has 0 nitrogen and oxygen atoms in total. The second kappa shape index (κ2) is 9.22. The Morgan fingerprint density at radius 1 is 0.175 bits per heavy atom. The van der Waals surface area contributed by atoms with Crippen LogP contribution in [0.25, 0.3) is 76.5 Å². The molecule has 40 heavy (non-hydrogen) atoms. The van der Waals surface area contributed by atoms with Crippen LogP contribution in [0.3, 0.4) is 0 Å². The number of hydrogen-bond acceptors (Lipinski definition) is 0. The van der Waals surface area contributed by atoms with Crippen molar-refractivity contribution >= 4 is 43.1 Å². The van der Waals surface area contributed by atoms with E-state index in [0.717, 1.165) is 0 Å². The predicted octanol–water partition coefficient (Wildman–Crippen LogP) is 11.3. The average Bonchev–Trinajstić information content (AvgIpc) is 3.03. The molecule has 0 aliphatic carbocycles. The Balaban J connectivity index is 1.37. The Kier molecular flexibility index (Phi) is 5.24. The molecule has 0 heteroatoms. The van der Waals surface area contributed by atoms with E-state index < -0.39 is 0 Å². The summed E-state index contributed by atoms with van der Waals surface area (Å²) in [4.78, 5) is 0. The van der Waals surface area contributed by atoms with Crippen LogP contribution in [0.1, 0.15) is 0 Å². The van der Waals surface area contributed by atoms with Gasteiger partial charge in [0.1, 0.15) is 0 Å². The van der Waals surface area contributed by atoms with Gasteiger partial charge in [-0.1, -0.05) is 158 Å². The van der Waals surface area contributed by atoms with Gasteiger partial charge in [-0.3, -0.25) is 0 Å². The maximum Gasteiger partial charge on any atom is -0.00987 e. The highest BCUT2D eigenvalue weighted by atomic mass is 14.2. The third-order valence-electron chi connectivity index (χ3n) is 8.30. The lowest BCUT2D eigenvalue weighted by Gasteiger charge is -2.16. The van der Waals surface area contributed by atoms with Gasteiger partial charge in [0, 0.05) is 0 Å². The Morgan fingerprint density at radius 3 is 0.850 bits per heavy atom. The molecule has 0 aliphatic heterocycles. The summed E-state index contributed by atoms with van der Waals surface area (Å²) >= 11 is 0. The van der Waals surface area contributed by atoms with E-state index >= 15 is 0 Å². The van der Waals surface area contributed by atoms with Crippen LogP contribution in [0, 0.1) is 0 Å². The summed E-state index contributed by atoms with van der Waals surface area (Å²) in [6.45, 7) is 0. The molecule has 0 unspecified atom stereocenters. The van der Waals surface area contributed by atoms with E-state index in [4.69, 9.17) is 0 Å². The molecule has 0 N–H and O–H groups in total. The lowest BCUT2D eigenvalue weighted by Crippen LogP contribution is -1.89. The van der Waals surface area contributed by atoms with Gasteiger partial charge >= 0.3 is 0 Å². The van der Waals surface area contributed by atoms with E-state index in [1.54, 1.807) is 0 Å². The molecule has 0 aliphatic rings. The lowest BCUT2D eigenvalue weighted by atomic mass is 9.87. The largest absolute Gasteiger partial charge is 0.0616 e. The van der Waals surface area contributed by atoms with Gasteiger partial charge in [0.05, 0.1) is 0 Å². The molecule has 0 saturated carbocycles. The maximum absolute atomic E-state index is 2.32. The molecule has 8 aromatic carbocycles. The molecule has 0 atom stereocenters. The first-order chi connectivity index (χ1) is 19.9. The highest BCUT2D eigenvalue weighted by Gasteiger charge is 2.15. The zero-order valence-corrected chi connectivity index (χ0v) is 22.0. The molecular formula is C40H26. The van der Waals surface area contributed by atoms with Crippen molar-refractivity contribution in [2.24, 2.45) is 0 Å². The summed E-state index contributed by atoms with van der Waals surface area (Å²) in [6.07, 6.45) is 0. The molecule has 0 bridgehead atoms. The molecule has 8 rings (SSSR count). The fraction of sp³-hybridized carbons (Fsp3) is 0. The number of benzene rings is 8. The molecular weight excluding hydrogens is 480 g/mol. The number of fused-ring (bicyclic) bond motifs is 4. The van der Waals surface area contributed by atoms with Crippen LogP contribution in [0.4, 0.5) is 0 Å². The van der Waals surface area contributed by atoms with Crippen molar-refractivity contribution in [1.29, 1.82) is 0 Å². The van der Waals surface area contributed by atoms with E-state index in [0.29, 0.717) is 0 Å². The summed E-state index contributed by atoms with van der Waals surface area (Å²) in [5.74, 6) is 0. The number of hydrogen-bond donors (Lipinski definition) is 0. The topological polar surface area (TPSA) is 0 Å². The lowest BCUT2D eigenvalue weighted by molar-refractivity contribution is 1.65. The SMILES string of the molecule is c1ccc2c(-c3cccc4c(-c5ccc(-c6cccc7ccccc67)c6ccccc56)cccc34)cccc2c1. The van der Waals surface area contributed by atoms with Crippen LogP contribution in [-0.4, -0.2) is 0 Å². The molecule has 8 aromatic rings. The van der Waals surface area contributed by atoms with E-state index in [2.05, 4.69) is 158 Å². The second-order valence-electron chi connectivity index (χ2n) is 10.5. The van der Waals surface area contributed by atoms with Crippen LogP contribution in [0.2, 0.25) is 0 Å². The highest BCUT2D eigenvalue weighted by Crippen LogP contribution is 2.42. The fourth-order valence-electron chi connectivity index (χ4n) is 6.47. The van der Waals surface area contributed by atoms with Gasteiger partial charge in [0.2, 0.25) is 0 Å². The predicted molar refractivity (Wildman–Crippen MR) is 173 cm³/mol. The van der Waals surface area contributed by atoms with Gasteiger partial charge in [-0.15, -0.1) is 0 Å². The van der Waals surface area contributed by atoms with Crippen molar-refractivity contribution in [3.63, 3.8) is 0 Å². The molecule has 0 saturated heterocycles. The van der Waals surface area contributed by atoms with Crippen molar-refractivity contribution in [2.75, 3.05) is 0 Å². The minimum Gasteiger partial charge on any atom is -0.0616 e. The van der Waals surface area contributed by atoms with E-state index in [1.165, 1.54) is 76.5 Å². The molecule has 0 spiro atoms. The first kappa shape index (κ1) is 22.8. The molecule has 0 aromatic heterocycles. The van der Waals surface area contributed by atoms with Gasteiger partial charge < -0.3 is 0 Å². The zero-order chi connectivity index (χ0) is 26.5. The van der Waals surface area contributed by atoms with E-state index in [9.17, 15) is 0 Å². The second-order valence-corrected chi connectivity index (χ2v) is 10.5. The quantitative estimate of drug-likeness (QED) is 0.223. The molecule has 0 fully saturated rings. The van der Waals surface area contributed by atoms with Crippen molar-refractivity contribution in [3.05, 3.63) is 158 Å². The third-order valence-corrected chi connectivity index (χ3v) is 8.30. The standard InChI is InChI=1S/C40H26/c1-3-15-29-27(11-1)13-7-19-31(29)35-21-9-23-37-36(35)22-10-24-38(37)40-26-25-39(33-17-5-6-18-34(33)40)32-20-8-14-28-12-2-4-16-30(28)32/h1-26H. The molecule has 0 amide bonds. The summed E-state index contributed by atoms with van der Waals surface area (Å²) in [7, 11) is 0. The summed E-state index contributed by atoms with van der Waals surface area (Å²) in [5, 5.41) is 10.2. The summed E-state index contributed by atoms with van der Waals surface area (Å²) in [5.41, 5.74) is 7.62. The van der Waals surface area contributed by atoms with Crippen molar-refractivity contribution in [1.82, 2.24) is 0 Å². The third kappa shape index (κ3) is 3.54. The van der Waals surface area contributed by atoms with Crippen LogP contribution in [-0.2, 0) is 0 Å². The molecule has 0 heterocycles.